The van der Waals surface area contributed by atoms with Gasteiger partial charge >= 0.3 is 0 Å². The van der Waals surface area contributed by atoms with Crippen molar-refractivity contribution in [2.24, 2.45) is 4.99 Å². The molecule has 0 radical (unpaired) electrons. The quantitative estimate of drug-likeness (QED) is 0.455. The summed E-state index contributed by atoms with van der Waals surface area (Å²) in [5.41, 5.74) is 4.95. The largest absolute Gasteiger partial charge is 0.381 e. The van der Waals surface area contributed by atoms with E-state index in [1.807, 2.05) is 38.5 Å². The minimum atomic E-state index is 0.0472. The Balaban J connectivity index is 1.44. The number of hydrogen-bond donors (Lipinski definition) is 2. The third kappa shape index (κ3) is 4.86. The maximum Gasteiger partial charge on any atom is 0.193 e. The summed E-state index contributed by atoms with van der Waals surface area (Å²) in [7, 11) is 3.88. The van der Waals surface area contributed by atoms with E-state index in [4.69, 9.17) is 4.74 Å². The zero-order valence-corrected chi connectivity index (χ0v) is 19.3. The number of H-pyrrole nitrogens is 1. The molecule has 2 N–H and O–H groups in total. The second-order valence-electron chi connectivity index (χ2n) is 8.57. The number of imidazole rings is 1. The van der Waals surface area contributed by atoms with E-state index in [-0.39, 0.29) is 5.41 Å². The number of aryl methyl sites for hydroxylation is 1. The topological polar surface area (TPSA) is 65.5 Å². The van der Waals surface area contributed by atoms with Crippen molar-refractivity contribution in [2.45, 2.75) is 31.7 Å². The van der Waals surface area contributed by atoms with Crippen molar-refractivity contribution in [3.05, 3.63) is 77.7 Å². The molecular weight excluding hydrogens is 398 g/mol. The number of guanidine groups is 1. The lowest BCUT2D eigenvalue weighted by atomic mass is 9.72. The Morgan fingerprint density at radius 1 is 1.12 bits per heavy atom. The van der Waals surface area contributed by atoms with E-state index in [0.29, 0.717) is 6.54 Å². The second kappa shape index (κ2) is 10.0. The summed E-state index contributed by atoms with van der Waals surface area (Å²) in [6, 6.07) is 19.0. The monoisotopic (exact) mass is 431 g/mol. The minimum Gasteiger partial charge on any atom is -0.381 e. The Hall–Kier alpha value is -3.12. The van der Waals surface area contributed by atoms with Gasteiger partial charge in [-0.3, -0.25) is 4.99 Å². The molecule has 2 aromatic carbocycles. The molecule has 0 amide bonds. The van der Waals surface area contributed by atoms with Crippen molar-refractivity contribution in [3.8, 4) is 11.3 Å². The molecule has 1 aromatic heterocycles. The molecule has 0 atom stereocenters. The minimum absolute atomic E-state index is 0.0472. The van der Waals surface area contributed by atoms with Crippen LogP contribution in [0.25, 0.3) is 11.3 Å². The molecule has 1 saturated heterocycles. The van der Waals surface area contributed by atoms with Crippen molar-refractivity contribution in [3.63, 3.8) is 0 Å². The highest BCUT2D eigenvalue weighted by molar-refractivity contribution is 5.79. The first-order valence-electron chi connectivity index (χ1n) is 11.3. The van der Waals surface area contributed by atoms with Crippen molar-refractivity contribution in [1.82, 2.24) is 20.2 Å². The summed E-state index contributed by atoms with van der Waals surface area (Å²) < 4.78 is 5.70. The maximum atomic E-state index is 5.70. The molecule has 0 saturated carbocycles. The highest BCUT2D eigenvalue weighted by Gasteiger charge is 2.35. The standard InChI is InChI=1S/C26H33N5O/c1-20-9-7-8-12-22(20)26(13-15-32-16-14-26)19-29-25(27-2)31(3)18-24-28-17-23(30-24)21-10-5-4-6-11-21/h4-12,17H,13-16,18-19H2,1-3H3,(H,27,29)(H,28,30). The predicted octanol–water partition coefficient (Wildman–Crippen LogP) is 4.14. The Kier molecular flexibility index (Phi) is 6.90. The molecular formula is C26H33N5O. The van der Waals surface area contributed by atoms with Gasteiger partial charge in [0.05, 0.1) is 18.4 Å². The van der Waals surface area contributed by atoms with Crippen LogP contribution < -0.4 is 5.32 Å². The van der Waals surface area contributed by atoms with E-state index >= 15 is 0 Å². The number of ether oxygens (including phenoxy) is 1. The van der Waals surface area contributed by atoms with Crippen molar-refractivity contribution >= 4 is 5.96 Å². The molecule has 168 valence electrons. The van der Waals surface area contributed by atoms with Crippen LogP contribution >= 0.6 is 0 Å². The lowest BCUT2D eigenvalue weighted by Crippen LogP contribution is -2.48. The Bertz CT molecular complexity index is 1040. The molecule has 1 aliphatic heterocycles. The first-order chi connectivity index (χ1) is 15.6. The molecule has 0 unspecified atom stereocenters. The third-order valence-corrected chi connectivity index (χ3v) is 6.42. The van der Waals surface area contributed by atoms with Crippen molar-refractivity contribution in [1.29, 1.82) is 0 Å². The number of hydrogen-bond acceptors (Lipinski definition) is 3. The third-order valence-electron chi connectivity index (χ3n) is 6.42. The van der Waals surface area contributed by atoms with Gasteiger partial charge in [0.2, 0.25) is 0 Å². The van der Waals surface area contributed by atoms with Crippen LogP contribution in [0.2, 0.25) is 0 Å². The first kappa shape index (κ1) is 22.1. The molecule has 1 fully saturated rings. The number of aromatic amines is 1. The van der Waals surface area contributed by atoms with Crippen LogP contribution in [0.15, 0.2) is 65.8 Å². The van der Waals surface area contributed by atoms with Gasteiger partial charge in [-0.25, -0.2) is 4.98 Å². The summed E-state index contributed by atoms with van der Waals surface area (Å²) in [6.07, 6.45) is 3.90. The van der Waals surface area contributed by atoms with Crippen LogP contribution in [0.1, 0.15) is 29.8 Å². The van der Waals surface area contributed by atoms with Gasteiger partial charge in [0.25, 0.3) is 0 Å². The van der Waals surface area contributed by atoms with Crippen LogP contribution in [-0.4, -0.2) is 54.7 Å². The Morgan fingerprint density at radius 2 is 1.84 bits per heavy atom. The van der Waals surface area contributed by atoms with Crippen LogP contribution in [0.4, 0.5) is 0 Å². The molecule has 6 heteroatoms. The summed E-state index contributed by atoms with van der Waals surface area (Å²) in [5, 5.41) is 3.64. The number of nitrogens with zero attached hydrogens (tertiary/aromatic N) is 3. The Labute approximate surface area is 190 Å². The number of rotatable bonds is 6. The molecule has 0 aliphatic carbocycles. The molecule has 2 heterocycles. The fourth-order valence-electron chi connectivity index (χ4n) is 4.61. The first-order valence-corrected chi connectivity index (χ1v) is 11.3. The average Bonchev–Trinajstić information content (AvgIpc) is 3.29. The van der Waals surface area contributed by atoms with Gasteiger partial charge in [-0.15, -0.1) is 0 Å². The smallest absolute Gasteiger partial charge is 0.193 e. The van der Waals surface area contributed by atoms with Gasteiger partial charge in [0, 0.05) is 39.3 Å². The van der Waals surface area contributed by atoms with Crippen LogP contribution in [0, 0.1) is 6.92 Å². The highest BCUT2D eigenvalue weighted by Crippen LogP contribution is 2.36. The van der Waals surface area contributed by atoms with E-state index in [2.05, 4.69) is 68.5 Å². The van der Waals surface area contributed by atoms with Gasteiger partial charge in [-0.1, -0.05) is 54.6 Å². The lowest BCUT2D eigenvalue weighted by Gasteiger charge is -2.39. The number of aromatic nitrogens is 2. The molecule has 4 rings (SSSR count). The molecule has 32 heavy (non-hydrogen) atoms. The fraction of sp³-hybridized carbons (Fsp3) is 0.385. The second-order valence-corrected chi connectivity index (χ2v) is 8.57. The van der Waals surface area contributed by atoms with Gasteiger partial charge < -0.3 is 19.9 Å². The van der Waals surface area contributed by atoms with E-state index in [1.165, 1.54) is 11.1 Å². The van der Waals surface area contributed by atoms with E-state index < -0.39 is 0 Å². The van der Waals surface area contributed by atoms with Gasteiger partial charge in [-0.2, -0.15) is 0 Å². The molecule has 0 spiro atoms. The van der Waals surface area contributed by atoms with Crippen molar-refractivity contribution < 1.29 is 4.74 Å². The van der Waals surface area contributed by atoms with E-state index in [1.54, 1.807) is 0 Å². The van der Waals surface area contributed by atoms with Crippen LogP contribution in [-0.2, 0) is 16.7 Å². The maximum absolute atomic E-state index is 5.70. The fourth-order valence-corrected chi connectivity index (χ4v) is 4.61. The number of nitrogens with one attached hydrogen (secondary N) is 2. The number of benzene rings is 2. The summed E-state index contributed by atoms with van der Waals surface area (Å²) in [4.78, 5) is 14.7. The van der Waals surface area contributed by atoms with Crippen LogP contribution in [0.3, 0.4) is 0 Å². The molecule has 6 nitrogen and oxygen atoms in total. The number of aliphatic imine (C=N–C) groups is 1. The zero-order valence-electron chi connectivity index (χ0n) is 19.3. The van der Waals surface area contributed by atoms with Gasteiger partial charge in [0.15, 0.2) is 5.96 Å². The van der Waals surface area contributed by atoms with Gasteiger partial charge in [0.1, 0.15) is 5.82 Å². The normalized spacial score (nSPS) is 16.0. The summed E-state index contributed by atoms with van der Waals surface area (Å²) in [6.45, 7) is 5.26. The Morgan fingerprint density at radius 3 is 2.56 bits per heavy atom. The van der Waals surface area contributed by atoms with E-state index in [9.17, 15) is 0 Å². The molecule has 3 aromatic rings. The van der Waals surface area contributed by atoms with Crippen molar-refractivity contribution in [2.75, 3.05) is 33.9 Å². The molecule has 0 bridgehead atoms. The average molecular weight is 432 g/mol. The lowest BCUT2D eigenvalue weighted by molar-refractivity contribution is 0.0510. The predicted molar refractivity (Wildman–Crippen MR) is 130 cm³/mol. The summed E-state index contributed by atoms with van der Waals surface area (Å²) in [5.74, 6) is 1.77. The van der Waals surface area contributed by atoms with E-state index in [0.717, 1.165) is 55.6 Å². The SMILES string of the molecule is CN=C(NCC1(c2ccccc2C)CCOCC1)N(C)Cc1ncc(-c2ccccc2)[nH]1. The highest BCUT2D eigenvalue weighted by atomic mass is 16.5. The van der Waals surface area contributed by atoms with Gasteiger partial charge in [-0.05, 0) is 36.5 Å². The summed E-state index contributed by atoms with van der Waals surface area (Å²) >= 11 is 0. The molecule has 1 aliphatic rings. The zero-order chi connectivity index (χ0) is 22.4. The van der Waals surface area contributed by atoms with Crippen LogP contribution in [0.5, 0.6) is 0 Å².